The molecule has 0 aliphatic rings. The maximum absolute atomic E-state index is 12.2. The predicted molar refractivity (Wildman–Crippen MR) is 83.9 cm³/mol. The second-order valence-corrected chi connectivity index (χ2v) is 8.27. The third kappa shape index (κ3) is 3.49. The second-order valence-electron chi connectivity index (χ2n) is 4.93. The van der Waals surface area contributed by atoms with Crippen molar-refractivity contribution in [3.8, 4) is 0 Å². The molecule has 0 saturated heterocycles. The van der Waals surface area contributed by atoms with E-state index in [1.807, 2.05) is 20.8 Å². The van der Waals surface area contributed by atoms with Gasteiger partial charge in [0.1, 0.15) is 5.01 Å². The minimum absolute atomic E-state index is 0.0645. The smallest absolute Gasteiger partial charge is 0.267 e. The molecule has 0 saturated carbocycles. The molecule has 0 atom stereocenters. The highest BCUT2D eigenvalue weighted by Gasteiger charge is 2.15. The Morgan fingerprint density at radius 1 is 1.24 bits per heavy atom. The number of aryl methyl sites for hydroxylation is 2. The fraction of sp³-hybridized carbons (Fsp3) is 0.615. The summed E-state index contributed by atoms with van der Waals surface area (Å²) < 4.78 is 24.8. The molecule has 0 radical (unpaired) electrons. The van der Waals surface area contributed by atoms with E-state index in [0.29, 0.717) is 34.8 Å². The Kier molecular flexibility index (Phi) is 4.77. The Balaban J connectivity index is 2.32. The maximum atomic E-state index is 12.2. The Morgan fingerprint density at radius 3 is 2.57 bits per heavy atom. The molecular weight excluding hydrogens is 310 g/mol. The topological polar surface area (TPSA) is 81.4 Å². The van der Waals surface area contributed by atoms with E-state index in [-0.39, 0.29) is 17.1 Å². The van der Waals surface area contributed by atoms with Crippen molar-refractivity contribution in [1.29, 1.82) is 0 Å². The van der Waals surface area contributed by atoms with Gasteiger partial charge in [0, 0.05) is 23.4 Å². The molecular formula is C13H19N3O3S2. The van der Waals surface area contributed by atoms with Crippen molar-refractivity contribution in [1.82, 2.24) is 14.6 Å². The van der Waals surface area contributed by atoms with E-state index in [1.165, 1.54) is 15.9 Å². The first kappa shape index (κ1) is 16.1. The van der Waals surface area contributed by atoms with E-state index in [1.54, 1.807) is 0 Å². The molecule has 0 aliphatic carbocycles. The van der Waals surface area contributed by atoms with Gasteiger partial charge in [-0.3, -0.25) is 4.79 Å². The standard InChI is InChI=1S/C13H19N3O3S2/c1-4-7-21(18,19)8-6-11-15-16-12(17)10(5-2)9(3)14-13(16)20-11/h4-8H2,1-3H3. The molecule has 8 heteroatoms. The first-order valence-corrected chi connectivity index (χ1v) is 9.60. The van der Waals surface area contributed by atoms with Gasteiger partial charge in [-0.2, -0.15) is 9.61 Å². The van der Waals surface area contributed by atoms with Crippen molar-refractivity contribution >= 4 is 26.1 Å². The van der Waals surface area contributed by atoms with Crippen LogP contribution in [-0.4, -0.2) is 34.5 Å². The Bertz CT molecular complexity index is 806. The van der Waals surface area contributed by atoms with Crippen molar-refractivity contribution in [2.45, 2.75) is 40.0 Å². The quantitative estimate of drug-likeness (QED) is 0.800. The average Bonchev–Trinajstić information content (AvgIpc) is 2.80. The second kappa shape index (κ2) is 6.23. The minimum Gasteiger partial charge on any atom is -0.267 e. The highest BCUT2D eigenvalue weighted by atomic mass is 32.2. The molecule has 0 N–H and O–H groups in total. The van der Waals surface area contributed by atoms with Crippen molar-refractivity contribution in [2.75, 3.05) is 11.5 Å². The fourth-order valence-corrected chi connectivity index (χ4v) is 4.57. The first-order chi connectivity index (χ1) is 9.88. The molecule has 0 bridgehead atoms. The molecule has 2 aromatic rings. The van der Waals surface area contributed by atoms with Gasteiger partial charge in [0.25, 0.3) is 5.56 Å². The molecule has 21 heavy (non-hydrogen) atoms. The van der Waals surface area contributed by atoms with E-state index in [9.17, 15) is 13.2 Å². The van der Waals surface area contributed by atoms with Gasteiger partial charge in [0.15, 0.2) is 9.84 Å². The molecule has 0 fully saturated rings. The van der Waals surface area contributed by atoms with Gasteiger partial charge >= 0.3 is 0 Å². The molecule has 6 nitrogen and oxygen atoms in total. The molecule has 116 valence electrons. The highest BCUT2D eigenvalue weighted by Crippen LogP contribution is 2.14. The molecule has 0 unspecified atom stereocenters. The highest BCUT2D eigenvalue weighted by molar-refractivity contribution is 7.91. The molecule has 2 aromatic heterocycles. The van der Waals surface area contributed by atoms with Gasteiger partial charge in [0.2, 0.25) is 4.96 Å². The number of sulfone groups is 1. The lowest BCUT2D eigenvalue weighted by molar-refractivity contribution is 0.593. The summed E-state index contributed by atoms with van der Waals surface area (Å²) in [6.45, 7) is 5.56. The number of aromatic nitrogens is 3. The van der Waals surface area contributed by atoms with Crippen LogP contribution in [0.2, 0.25) is 0 Å². The summed E-state index contributed by atoms with van der Waals surface area (Å²) in [5.41, 5.74) is 1.22. The van der Waals surface area contributed by atoms with Gasteiger partial charge < -0.3 is 0 Å². The van der Waals surface area contributed by atoms with E-state index in [4.69, 9.17) is 0 Å². The summed E-state index contributed by atoms with van der Waals surface area (Å²) in [5.74, 6) is 0.254. The number of fused-ring (bicyclic) bond motifs is 1. The minimum atomic E-state index is -3.04. The molecule has 0 amide bonds. The third-order valence-corrected chi connectivity index (χ3v) is 6.07. The van der Waals surface area contributed by atoms with Gasteiger partial charge in [-0.15, -0.1) is 0 Å². The largest absolute Gasteiger partial charge is 0.278 e. The van der Waals surface area contributed by atoms with Crippen molar-refractivity contribution < 1.29 is 8.42 Å². The van der Waals surface area contributed by atoms with Crippen LogP contribution in [0, 0.1) is 6.92 Å². The molecule has 0 spiro atoms. The van der Waals surface area contributed by atoms with Crippen LogP contribution < -0.4 is 5.56 Å². The van der Waals surface area contributed by atoms with E-state index in [0.717, 1.165) is 5.69 Å². The molecule has 0 aliphatic heterocycles. The van der Waals surface area contributed by atoms with Crippen LogP contribution in [0.1, 0.15) is 36.5 Å². The van der Waals surface area contributed by atoms with Gasteiger partial charge in [-0.05, 0) is 19.8 Å². The van der Waals surface area contributed by atoms with E-state index in [2.05, 4.69) is 10.1 Å². The molecule has 2 heterocycles. The number of rotatable bonds is 6. The Labute approximate surface area is 127 Å². The lowest BCUT2D eigenvalue weighted by atomic mass is 10.2. The normalized spacial score (nSPS) is 12.1. The number of hydrogen-bond donors (Lipinski definition) is 0. The third-order valence-electron chi connectivity index (χ3n) is 3.25. The fourth-order valence-electron chi connectivity index (χ4n) is 2.18. The van der Waals surface area contributed by atoms with Crippen molar-refractivity contribution in [3.63, 3.8) is 0 Å². The molecule has 2 rings (SSSR count). The van der Waals surface area contributed by atoms with E-state index >= 15 is 0 Å². The van der Waals surface area contributed by atoms with Crippen LogP contribution in [0.3, 0.4) is 0 Å². The zero-order valence-corrected chi connectivity index (χ0v) is 14.1. The molecule has 0 aromatic carbocycles. The van der Waals surface area contributed by atoms with Crippen LogP contribution in [-0.2, 0) is 22.7 Å². The lowest BCUT2D eigenvalue weighted by Gasteiger charge is -2.00. The van der Waals surface area contributed by atoms with Gasteiger partial charge in [-0.25, -0.2) is 13.4 Å². The van der Waals surface area contributed by atoms with Gasteiger partial charge in [-0.1, -0.05) is 25.2 Å². The lowest BCUT2D eigenvalue weighted by Crippen LogP contribution is -2.21. The Morgan fingerprint density at radius 2 is 1.95 bits per heavy atom. The zero-order chi connectivity index (χ0) is 15.6. The zero-order valence-electron chi connectivity index (χ0n) is 12.4. The summed E-state index contributed by atoms with van der Waals surface area (Å²) in [5, 5.41) is 4.85. The van der Waals surface area contributed by atoms with Crippen LogP contribution in [0.4, 0.5) is 0 Å². The van der Waals surface area contributed by atoms with Crippen LogP contribution in [0.25, 0.3) is 4.96 Å². The van der Waals surface area contributed by atoms with Crippen molar-refractivity contribution in [2.24, 2.45) is 0 Å². The number of nitrogens with zero attached hydrogens (tertiary/aromatic N) is 3. The van der Waals surface area contributed by atoms with Crippen LogP contribution in [0.15, 0.2) is 4.79 Å². The summed E-state index contributed by atoms with van der Waals surface area (Å²) in [7, 11) is -3.04. The number of hydrogen-bond acceptors (Lipinski definition) is 6. The predicted octanol–water partition coefficient (Wildman–Crippen LogP) is 1.39. The monoisotopic (exact) mass is 329 g/mol. The Hall–Kier alpha value is -1.28. The SMILES string of the molecule is CCCS(=O)(=O)CCc1nn2c(=O)c(CC)c(C)nc2s1. The maximum Gasteiger partial charge on any atom is 0.278 e. The summed E-state index contributed by atoms with van der Waals surface area (Å²) in [6.07, 6.45) is 1.55. The van der Waals surface area contributed by atoms with E-state index < -0.39 is 9.84 Å². The first-order valence-electron chi connectivity index (χ1n) is 6.96. The van der Waals surface area contributed by atoms with Crippen molar-refractivity contribution in [3.05, 3.63) is 26.6 Å². The summed E-state index contributed by atoms with van der Waals surface area (Å²) in [4.78, 5) is 17.1. The van der Waals surface area contributed by atoms with Crippen LogP contribution in [0.5, 0.6) is 0 Å². The summed E-state index contributed by atoms with van der Waals surface area (Å²) in [6, 6.07) is 0. The average molecular weight is 329 g/mol. The summed E-state index contributed by atoms with van der Waals surface area (Å²) >= 11 is 1.28. The van der Waals surface area contributed by atoms with Crippen LogP contribution >= 0.6 is 11.3 Å². The van der Waals surface area contributed by atoms with Gasteiger partial charge in [0.05, 0.1) is 5.75 Å².